The molecule has 0 amide bonds. The van der Waals surface area contributed by atoms with Crippen LogP contribution in [-0.4, -0.2) is 18.2 Å². The number of fused-ring (bicyclic) bond motifs is 1. The number of hydrogen-bond donors (Lipinski definition) is 1. The van der Waals surface area contributed by atoms with E-state index in [1.54, 1.807) is 6.07 Å². The Labute approximate surface area is 87.3 Å². The minimum atomic E-state index is -0.260. The van der Waals surface area contributed by atoms with Crippen molar-refractivity contribution in [1.29, 1.82) is 0 Å². The Morgan fingerprint density at radius 3 is 3.07 bits per heavy atom. The van der Waals surface area contributed by atoms with Gasteiger partial charge in [0.15, 0.2) is 0 Å². The van der Waals surface area contributed by atoms with Gasteiger partial charge in [-0.3, -0.25) is 0 Å². The highest BCUT2D eigenvalue weighted by Crippen LogP contribution is 2.20. The van der Waals surface area contributed by atoms with Crippen LogP contribution in [-0.2, 0) is 6.42 Å². The second kappa shape index (κ2) is 3.98. The summed E-state index contributed by atoms with van der Waals surface area (Å²) in [6.45, 7) is 2.04. The van der Waals surface area contributed by atoms with E-state index in [1.165, 1.54) is 12.1 Å². The second-order valence-corrected chi connectivity index (χ2v) is 3.66. The molecule has 0 aliphatic rings. The van der Waals surface area contributed by atoms with Gasteiger partial charge >= 0.3 is 0 Å². The molecule has 0 bridgehead atoms. The first kappa shape index (κ1) is 10.1. The molecular weight excluding hydrogens is 195 g/mol. The molecule has 0 saturated heterocycles. The van der Waals surface area contributed by atoms with E-state index < -0.39 is 0 Å². The van der Waals surface area contributed by atoms with E-state index in [4.69, 9.17) is 4.52 Å². The molecule has 0 radical (unpaired) electrons. The maximum absolute atomic E-state index is 13.0. The van der Waals surface area contributed by atoms with E-state index in [0.29, 0.717) is 11.9 Å². The maximum Gasteiger partial charge on any atom is 0.146 e. The summed E-state index contributed by atoms with van der Waals surface area (Å²) in [5.41, 5.74) is 0.703. The number of nitrogens with one attached hydrogen (secondary N) is 1. The van der Waals surface area contributed by atoms with Crippen molar-refractivity contribution in [3.05, 3.63) is 29.8 Å². The molecule has 2 rings (SSSR count). The molecule has 0 saturated carbocycles. The number of aromatic nitrogens is 1. The molecule has 1 atom stereocenters. The fourth-order valence-electron chi connectivity index (χ4n) is 1.49. The Kier molecular flexibility index (Phi) is 2.68. The Hall–Kier alpha value is -1.42. The fourth-order valence-corrected chi connectivity index (χ4v) is 1.49. The van der Waals surface area contributed by atoms with Gasteiger partial charge in [0, 0.05) is 17.8 Å². The first-order valence-electron chi connectivity index (χ1n) is 4.92. The van der Waals surface area contributed by atoms with Crippen LogP contribution in [0.2, 0.25) is 0 Å². The van der Waals surface area contributed by atoms with Crippen LogP contribution in [0.1, 0.15) is 12.7 Å². The quantitative estimate of drug-likeness (QED) is 0.839. The van der Waals surface area contributed by atoms with Gasteiger partial charge in [-0.2, -0.15) is 0 Å². The highest BCUT2D eigenvalue weighted by Gasteiger charge is 2.11. The van der Waals surface area contributed by atoms with Crippen molar-refractivity contribution in [2.75, 3.05) is 7.05 Å². The van der Waals surface area contributed by atoms with Crippen molar-refractivity contribution in [3.8, 4) is 0 Å². The van der Waals surface area contributed by atoms with Gasteiger partial charge in [0.1, 0.15) is 17.1 Å². The molecule has 1 aromatic heterocycles. The molecular formula is C11H13FN2O. The van der Waals surface area contributed by atoms with Gasteiger partial charge in [-0.05, 0) is 32.2 Å². The molecule has 80 valence electrons. The van der Waals surface area contributed by atoms with Gasteiger partial charge < -0.3 is 9.84 Å². The molecule has 0 aliphatic heterocycles. The third-order valence-electron chi connectivity index (χ3n) is 2.50. The van der Waals surface area contributed by atoms with E-state index in [1.807, 2.05) is 14.0 Å². The Morgan fingerprint density at radius 1 is 1.53 bits per heavy atom. The number of rotatable bonds is 3. The van der Waals surface area contributed by atoms with Gasteiger partial charge in [-0.1, -0.05) is 5.16 Å². The molecule has 1 aromatic carbocycles. The van der Waals surface area contributed by atoms with Gasteiger partial charge in [0.25, 0.3) is 0 Å². The Bertz CT molecular complexity index is 467. The number of likely N-dealkylation sites (N-methyl/N-ethyl adjacent to an activating group) is 1. The topological polar surface area (TPSA) is 38.1 Å². The van der Waals surface area contributed by atoms with Crippen LogP contribution < -0.4 is 5.32 Å². The average molecular weight is 208 g/mol. The van der Waals surface area contributed by atoms with Crippen molar-refractivity contribution in [3.63, 3.8) is 0 Å². The molecule has 3 nitrogen and oxygen atoms in total. The zero-order valence-electron chi connectivity index (χ0n) is 8.75. The van der Waals surface area contributed by atoms with E-state index in [2.05, 4.69) is 10.5 Å². The summed E-state index contributed by atoms with van der Waals surface area (Å²) in [6.07, 6.45) is 0.705. The van der Waals surface area contributed by atoms with Crippen LogP contribution in [0, 0.1) is 5.82 Å². The zero-order chi connectivity index (χ0) is 10.8. The van der Waals surface area contributed by atoms with Crippen LogP contribution >= 0.6 is 0 Å². The summed E-state index contributed by atoms with van der Waals surface area (Å²) >= 11 is 0. The predicted molar refractivity (Wildman–Crippen MR) is 56.2 cm³/mol. The number of nitrogens with zero attached hydrogens (tertiary/aromatic N) is 1. The number of hydrogen-bond acceptors (Lipinski definition) is 3. The molecule has 15 heavy (non-hydrogen) atoms. The van der Waals surface area contributed by atoms with Crippen LogP contribution in [0.5, 0.6) is 0 Å². The molecule has 0 aliphatic carbocycles. The SMILES string of the molecule is CNC(C)Cc1onc2ccc(F)cc12. The van der Waals surface area contributed by atoms with Gasteiger partial charge in [0.2, 0.25) is 0 Å². The summed E-state index contributed by atoms with van der Waals surface area (Å²) in [4.78, 5) is 0. The van der Waals surface area contributed by atoms with E-state index in [0.717, 1.165) is 11.1 Å². The van der Waals surface area contributed by atoms with Crippen molar-refractivity contribution >= 4 is 10.9 Å². The van der Waals surface area contributed by atoms with Crippen LogP contribution in [0.25, 0.3) is 10.9 Å². The maximum atomic E-state index is 13.0. The zero-order valence-corrected chi connectivity index (χ0v) is 8.75. The van der Waals surface area contributed by atoms with E-state index in [-0.39, 0.29) is 11.9 Å². The first-order chi connectivity index (χ1) is 7.20. The van der Waals surface area contributed by atoms with Crippen LogP contribution in [0.4, 0.5) is 4.39 Å². The Morgan fingerprint density at radius 2 is 2.33 bits per heavy atom. The summed E-state index contributed by atoms with van der Waals surface area (Å²) in [7, 11) is 1.88. The number of halogens is 1. The molecule has 2 aromatic rings. The summed E-state index contributed by atoms with van der Waals surface area (Å²) in [5, 5.41) is 7.74. The molecule has 1 N–H and O–H groups in total. The summed E-state index contributed by atoms with van der Waals surface area (Å²) in [6, 6.07) is 4.76. The predicted octanol–water partition coefficient (Wildman–Crippen LogP) is 2.12. The van der Waals surface area contributed by atoms with Gasteiger partial charge in [-0.25, -0.2) is 4.39 Å². The smallest absolute Gasteiger partial charge is 0.146 e. The van der Waals surface area contributed by atoms with Crippen LogP contribution in [0.15, 0.2) is 22.7 Å². The van der Waals surface area contributed by atoms with Crippen molar-refractivity contribution < 1.29 is 8.91 Å². The third-order valence-corrected chi connectivity index (χ3v) is 2.50. The summed E-state index contributed by atoms with van der Waals surface area (Å²) < 4.78 is 18.2. The molecule has 1 heterocycles. The lowest BCUT2D eigenvalue weighted by atomic mass is 10.1. The molecule has 4 heteroatoms. The highest BCUT2D eigenvalue weighted by atomic mass is 19.1. The summed E-state index contributed by atoms with van der Waals surface area (Å²) in [5.74, 6) is 0.468. The lowest BCUT2D eigenvalue weighted by Crippen LogP contribution is -2.23. The van der Waals surface area contributed by atoms with Gasteiger partial charge in [0.05, 0.1) is 0 Å². The lowest BCUT2D eigenvalue weighted by Gasteiger charge is -2.06. The minimum absolute atomic E-state index is 0.260. The highest BCUT2D eigenvalue weighted by molar-refractivity contribution is 5.80. The minimum Gasteiger partial charge on any atom is -0.360 e. The Balaban J connectivity index is 2.39. The van der Waals surface area contributed by atoms with E-state index >= 15 is 0 Å². The fraction of sp³-hybridized carbons (Fsp3) is 0.364. The standard InChI is InChI=1S/C11H13FN2O/c1-7(13-2)5-11-9-6-8(12)3-4-10(9)14-15-11/h3-4,6-7,13H,5H2,1-2H3. The van der Waals surface area contributed by atoms with Gasteiger partial charge in [-0.15, -0.1) is 0 Å². The van der Waals surface area contributed by atoms with E-state index in [9.17, 15) is 4.39 Å². The van der Waals surface area contributed by atoms with Crippen molar-refractivity contribution in [2.45, 2.75) is 19.4 Å². The number of benzene rings is 1. The first-order valence-corrected chi connectivity index (χ1v) is 4.92. The third kappa shape index (κ3) is 1.99. The molecule has 0 spiro atoms. The monoisotopic (exact) mass is 208 g/mol. The molecule has 0 fully saturated rings. The van der Waals surface area contributed by atoms with Crippen molar-refractivity contribution in [2.24, 2.45) is 0 Å². The second-order valence-electron chi connectivity index (χ2n) is 3.66. The molecule has 1 unspecified atom stereocenters. The average Bonchev–Trinajstić information content (AvgIpc) is 2.61. The largest absolute Gasteiger partial charge is 0.360 e. The lowest BCUT2D eigenvalue weighted by molar-refractivity contribution is 0.378. The van der Waals surface area contributed by atoms with Crippen molar-refractivity contribution in [1.82, 2.24) is 10.5 Å². The normalized spacial score (nSPS) is 13.3. The van der Waals surface area contributed by atoms with Crippen LogP contribution in [0.3, 0.4) is 0 Å².